The van der Waals surface area contributed by atoms with Gasteiger partial charge < -0.3 is 36.9 Å². The van der Waals surface area contributed by atoms with Gasteiger partial charge in [0, 0.05) is 17.1 Å². The number of para-hydroxylation sites is 1. The highest BCUT2D eigenvalue weighted by Crippen LogP contribution is 2.18. The molecule has 2 rings (SSSR count). The summed E-state index contributed by atoms with van der Waals surface area (Å²) in [6.45, 7) is 4.51. The lowest BCUT2D eigenvalue weighted by Gasteiger charge is -2.26. The fraction of sp³-hybridized carbons (Fsp3) is 0.435. The zero-order chi connectivity index (χ0) is 26.3. The van der Waals surface area contributed by atoms with E-state index in [1.54, 1.807) is 20.0 Å². The van der Waals surface area contributed by atoms with Gasteiger partial charge >= 0.3 is 11.9 Å². The summed E-state index contributed by atoms with van der Waals surface area (Å²) in [5, 5.41) is 26.1. The average Bonchev–Trinajstić information content (AvgIpc) is 3.18. The number of fused-ring (bicyclic) bond motifs is 1. The van der Waals surface area contributed by atoms with Gasteiger partial charge in [-0.15, -0.1) is 0 Å². The van der Waals surface area contributed by atoms with Crippen LogP contribution in [-0.2, 0) is 30.4 Å². The minimum absolute atomic E-state index is 0.140. The summed E-state index contributed by atoms with van der Waals surface area (Å²) < 4.78 is 0. The van der Waals surface area contributed by atoms with Crippen molar-refractivity contribution in [3.05, 3.63) is 36.0 Å². The molecule has 35 heavy (non-hydrogen) atoms. The molecule has 0 radical (unpaired) electrons. The van der Waals surface area contributed by atoms with Crippen LogP contribution in [0.25, 0.3) is 10.9 Å². The molecule has 3 amide bonds. The zero-order valence-corrected chi connectivity index (χ0v) is 19.7. The largest absolute Gasteiger partial charge is 0.481 e. The second kappa shape index (κ2) is 12.0. The van der Waals surface area contributed by atoms with Crippen molar-refractivity contribution >= 4 is 40.6 Å². The minimum Gasteiger partial charge on any atom is -0.481 e. The highest BCUT2D eigenvalue weighted by Gasteiger charge is 2.32. The highest BCUT2D eigenvalue weighted by atomic mass is 16.4. The fourth-order valence-electron chi connectivity index (χ4n) is 3.45. The van der Waals surface area contributed by atoms with E-state index in [1.165, 1.54) is 6.92 Å². The van der Waals surface area contributed by atoms with Crippen molar-refractivity contribution < 1.29 is 34.2 Å². The Kier molecular flexibility index (Phi) is 9.34. The standard InChI is InChI=1S/C23H31N5O7/c1-11(2)19(22(33)26-12(3)23(34)35)28-21(32)17(9-18(29)30)27-20(31)15(24)8-13-10-25-16-7-5-4-6-14(13)16/h4-7,10-12,15,17,19,25H,8-9,24H2,1-3H3,(H,26,33)(H,27,31)(H,28,32)(H,29,30)(H,34,35). The minimum atomic E-state index is -1.50. The molecule has 0 bridgehead atoms. The molecular formula is C23H31N5O7. The van der Waals surface area contributed by atoms with Crippen molar-refractivity contribution in [2.45, 2.75) is 57.8 Å². The molecule has 4 unspecified atom stereocenters. The van der Waals surface area contributed by atoms with Gasteiger partial charge in [-0.25, -0.2) is 0 Å². The Hall–Kier alpha value is -3.93. The Labute approximate surface area is 201 Å². The molecule has 0 aliphatic carbocycles. The number of aromatic amines is 1. The molecule has 0 aliphatic rings. The molecule has 0 saturated heterocycles. The SMILES string of the molecule is CC(NC(=O)C(NC(=O)C(CC(=O)O)NC(=O)C(N)Cc1c[nH]c2ccccc12)C(C)C)C(=O)O. The van der Waals surface area contributed by atoms with Gasteiger partial charge in [-0.3, -0.25) is 24.0 Å². The molecule has 0 aliphatic heterocycles. The number of aliphatic carboxylic acids is 2. The number of nitrogens with one attached hydrogen (secondary N) is 4. The summed E-state index contributed by atoms with van der Waals surface area (Å²) in [6, 6.07) is 2.52. The number of amides is 3. The third-order valence-corrected chi connectivity index (χ3v) is 5.44. The van der Waals surface area contributed by atoms with Crippen molar-refractivity contribution in [3.8, 4) is 0 Å². The van der Waals surface area contributed by atoms with Crippen LogP contribution >= 0.6 is 0 Å². The second-order valence-electron chi connectivity index (χ2n) is 8.63. The first-order chi connectivity index (χ1) is 16.4. The topological polar surface area (TPSA) is 204 Å². The smallest absolute Gasteiger partial charge is 0.325 e. The molecule has 1 aromatic heterocycles. The van der Waals surface area contributed by atoms with Gasteiger partial charge in [0.25, 0.3) is 0 Å². The van der Waals surface area contributed by atoms with Crippen LogP contribution in [0.4, 0.5) is 0 Å². The predicted octanol–water partition coefficient (Wildman–Crippen LogP) is -0.273. The maximum absolute atomic E-state index is 12.8. The Morgan fingerprint density at radius 1 is 0.943 bits per heavy atom. The maximum Gasteiger partial charge on any atom is 0.325 e. The molecule has 0 saturated carbocycles. The molecule has 12 nitrogen and oxygen atoms in total. The quantitative estimate of drug-likeness (QED) is 0.211. The summed E-state index contributed by atoms with van der Waals surface area (Å²) in [7, 11) is 0. The lowest BCUT2D eigenvalue weighted by molar-refractivity contribution is -0.143. The van der Waals surface area contributed by atoms with Gasteiger partial charge in [0.15, 0.2) is 0 Å². The number of rotatable bonds is 12. The van der Waals surface area contributed by atoms with E-state index in [4.69, 9.17) is 10.8 Å². The van der Waals surface area contributed by atoms with E-state index in [1.807, 2.05) is 24.3 Å². The average molecular weight is 490 g/mol. The summed E-state index contributed by atoms with van der Waals surface area (Å²) in [4.78, 5) is 63.5. The molecular weight excluding hydrogens is 458 g/mol. The van der Waals surface area contributed by atoms with Crippen LogP contribution in [-0.4, -0.2) is 69.0 Å². The number of aromatic nitrogens is 1. The van der Waals surface area contributed by atoms with Crippen molar-refractivity contribution in [1.29, 1.82) is 0 Å². The fourth-order valence-corrected chi connectivity index (χ4v) is 3.45. The van der Waals surface area contributed by atoms with E-state index in [2.05, 4.69) is 20.9 Å². The molecule has 0 fully saturated rings. The van der Waals surface area contributed by atoms with Gasteiger partial charge in [0.05, 0.1) is 12.5 Å². The molecule has 1 aromatic carbocycles. The van der Waals surface area contributed by atoms with E-state index >= 15 is 0 Å². The number of H-pyrrole nitrogens is 1. The van der Waals surface area contributed by atoms with E-state index in [9.17, 15) is 29.1 Å². The summed E-state index contributed by atoms with van der Waals surface area (Å²) >= 11 is 0. The summed E-state index contributed by atoms with van der Waals surface area (Å²) in [5.74, 6) is -5.45. The van der Waals surface area contributed by atoms with Crippen LogP contribution in [0.5, 0.6) is 0 Å². The number of carbonyl (C=O) groups excluding carboxylic acids is 3. The van der Waals surface area contributed by atoms with Gasteiger partial charge in [-0.1, -0.05) is 32.0 Å². The third kappa shape index (κ3) is 7.54. The zero-order valence-electron chi connectivity index (χ0n) is 19.7. The van der Waals surface area contributed by atoms with Gasteiger partial charge in [0.1, 0.15) is 18.1 Å². The van der Waals surface area contributed by atoms with Crippen LogP contribution in [0.3, 0.4) is 0 Å². The number of nitrogens with two attached hydrogens (primary N) is 1. The van der Waals surface area contributed by atoms with E-state index in [-0.39, 0.29) is 6.42 Å². The Morgan fingerprint density at radius 2 is 1.60 bits per heavy atom. The number of carboxylic acids is 2. The molecule has 8 N–H and O–H groups in total. The second-order valence-corrected chi connectivity index (χ2v) is 8.63. The lowest BCUT2D eigenvalue weighted by Crippen LogP contribution is -2.58. The first kappa shape index (κ1) is 27.3. The molecule has 0 spiro atoms. The van der Waals surface area contributed by atoms with Crippen LogP contribution in [0.15, 0.2) is 30.5 Å². The van der Waals surface area contributed by atoms with Crippen molar-refractivity contribution in [2.24, 2.45) is 11.7 Å². The number of carbonyl (C=O) groups is 5. The number of hydrogen-bond donors (Lipinski definition) is 7. The van der Waals surface area contributed by atoms with Crippen LogP contribution in [0, 0.1) is 5.92 Å². The predicted molar refractivity (Wildman–Crippen MR) is 126 cm³/mol. The third-order valence-electron chi connectivity index (χ3n) is 5.44. The lowest BCUT2D eigenvalue weighted by atomic mass is 10.0. The monoisotopic (exact) mass is 489 g/mol. The normalized spacial score (nSPS) is 14.5. The molecule has 190 valence electrons. The Morgan fingerprint density at radius 3 is 2.20 bits per heavy atom. The van der Waals surface area contributed by atoms with Crippen molar-refractivity contribution in [2.75, 3.05) is 0 Å². The molecule has 12 heteroatoms. The number of carboxylic acid groups (broad SMARTS) is 2. The van der Waals surface area contributed by atoms with Crippen LogP contribution in [0.1, 0.15) is 32.8 Å². The first-order valence-corrected chi connectivity index (χ1v) is 11.1. The van der Waals surface area contributed by atoms with Crippen molar-refractivity contribution in [3.63, 3.8) is 0 Å². The Bertz CT molecular complexity index is 1100. The molecule has 4 atom stereocenters. The Balaban J connectivity index is 2.10. The highest BCUT2D eigenvalue weighted by molar-refractivity contribution is 5.96. The molecule has 2 aromatic rings. The maximum atomic E-state index is 12.8. The molecule has 1 heterocycles. The van der Waals surface area contributed by atoms with Crippen LogP contribution < -0.4 is 21.7 Å². The van der Waals surface area contributed by atoms with Crippen molar-refractivity contribution in [1.82, 2.24) is 20.9 Å². The van der Waals surface area contributed by atoms with E-state index < -0.39 is 66.2 Å². The van der Waals surface area contributed by atoms with Gasteiger partial charge in [0.2, 0.25) is 17.7 Å². The summed E-state index contributed by atoms with van der Waals surface area (Å²) in [6.07, 6.45) is 1.12. The van der Waals surface area contributed by atoms with Crippen LogP contribution in [0.2, 0.25) is 0 Å². The van der Waals surface area contributed by atoms with E-state index in [0.717, 1.165) is 16.5 Å². The van der Waals surface area contributed by atoms with E-state index in [0.29, 0.717) is 0 Å². The van der Waals surface area contributed by atoms with Gasteiger partial charge in [-0.2, -0.15) is 0 Å². The first-order valence-electron chi connectivity index (χ1n) is 11.1. The number of benzene rings is 1. The van der Waals surface area contributed by atoms with Gasteiger partial charge in [-0.05, 0) is 30.9 Å². The number of hydrogen-bond acceptors (Lipinski definition) is 6. The summed E-state index contributed by atoms with van der Waals surface area (Å²) in [5.41, 5.74) is 7.69.